The molecular formula is C21H20ClN3O4. The van der Waals surface area contributed by atoms with Crippen molar-refractivity contribution in [3.63, 3.8) is 0 Å². The normalized spacial score (nSPS) is 10.3. The average molecular weight is 414 g/mol. The molecule has 7 nitrogen and oxygen atoms in total. The first-order valence-electron chi connectivity index (χ1n) is 8.68. The van der Waals surface area contributed by atoms with Crippen LogP contribution in [0.2, 0.25) is 5.02 Å². The number of ether oxygens (including phenoxy) is 2. The van der Waals surface area contributed by atoms with Crippen molar-refractivity contribution in [3.05, 3.63) is 71.5 Å². The highest BCUT2D eigenvalue weighted by atomic mass is 35.5. The van der Waals surface area contributed by atoms with E-state index in [-0.39, 0.29) is 5.91 Å². The minimum Gasteiger partial charge on any atom is -0.496 e. The first-order valence-corrected chi connectivity index (χ1v) is 9.06. The number of benzene rings is 2. The van der Waals surface area contributed by atoms with Gasteiger partial charge in [0.15, 0.2) is 0 Å². The summed E-state index contributed by atoms with van der Waals surface area (Å²) in [7, 11) is 4.41. The van der Waals surface area contributed by atoms with Crippen LogP contribution < -0.4 is 15.0 Å². The highest BCUT2D eigenvalue weighted by Crippen LogP contribution is 2.30. The van der Waals surface area contributed by atoms with Gasteiger partial charge in [-0.1, -0.05) is 11.6 Å². The number of hydrogen-bond donors (Lipinski definition) is 1. The van der Waals surface area contributed by atoms with Gasteiger partial charge >= 0.3 is 6.09 Å². The number of aromatic nitrogens is 1. The van der Waals surface area contributed by atoms with E-state index in [4.69, 9.17) is 16.3 Å². The maximum atomic E-state index is 12.8. The van der Waals surface area contributed by atoms with Crippen LogP contribution in [0.25, 0.3) is 5.69 Å². The van der Waals surface area contributed by atoms with E-state index >= 15 is 0 Å². The summed E-state index contributed by atoms with van der Waals surface area (Å²) in [5.41, 5.74) is 2.21. The molecule has 0 spiro atoms. The van der Waals surface area contributed by atoms with Gasteiger partial charge in [-0.25, -0.2) is 4.79 Å². The van der Waals surface area contributed by atoms with E-state index in [2.05, 4.69) is 10.1 Å². The Bertz CT molecular complexity index is 1020. The molecule has 1 heterocycles. The SMILES string of the molecule is COC(=O)N(C)c1ccc(NC(=O)c2cc(Cl)c(-n3cccc3)cc2OC)cc1. The van der Waals surface area contributed by atoms with E-state index in [0.29, 0.717) is 33.4 Å². The molecule has 2 amide bonds. The Hall–Kier alpha value is -3.45. The molecule has 0 saturated heterocycles. The van der Waals surface area contributed by atoms with Gasteiger partial charge in [0.25, 0.3) is 5.91 Å². The number of anilines is 2. The summed E-state index contributed by atoms with van der Waals surface area (Å²) in [5.74, 6) is 0.0366. The predicted octanol–water partition coefficient (Wildman–Crippen LogP) is 4.59. The van der Waals surface area contributed by atoms with Gasteiger partial charge in [0.05, 0.1) is 30.5 Å². The molecule has 0 bridgehead atoms. The highest BCUT2D eigenvalue weighted by Gasteiger charge is 2.17. The first-order chi connectivity index (χ1) is 13.9. The fraction of sp³-hybridized carbons (Fsp3) is 0.143. The van der Waals surface area contributed by atoms with Crippen LogP contribution in [0.15, 0.2) is 60.9 Å². The summed E-state index contributed by atoms with van der Waals surface area (Å²) < 4.78 is 11.9. The minimum absolute atomic E-state index is 0.309. The molecule has 2 aromatic carbocycles. The first kappa shape index (κ1) is 20.3. The molecule has 0 saturated carbocycles. The molecule has 150 valence electrons. The molecular weight excluding hydrogens is 394 g/mol. The van der Waals surface area contributed by atoms with Crippen molar-refractivity contribution < 1.29 is 19.1 Å². The van der Waals surface area contributed by atoms with Gasteiger partial charge in [0, 0.05) is 36.9 Å². The molecule has 0 aliphatic rings. The fourth-order valence-electron chi connectivity index (χ4n) is 2.79. The number of nitrogens with zero attached hydrogens (tertiary/aromatic N) is 2. The molecule has 29 heavy (non-hydrogen) atoms. The molecule has 8 heteroatoms. The van der Waals surface area contributed by atoms with Crippen molar-refractivity contribution in [2.75, 3.05) is 31.5 Å². The van der Waals surface area contributed by atoms with Crippen LogP contribution in [0, 0.1) is 0 Å². The topological polar surface area (TPSA) is 72.8 Å². The summed E-state index contributed by atoms with van der Waals surface area (Å²) in [4.78, 5) is 25.7. The number of nitrogens with one attached hydrogen (secondary N) is 1. The zero-order valence-electron chi connectivity index (χ0n) is 16.2. The van der Waals surface area contributed by atoms with Crippen molar-refractivity contribution in [1.29, 1.82) is 0 Å². The Morgan fingerprint density at radius 1 is 1.07 bits per heavy atom. The molecule has 0 aliphatic carbocycles. The predicted molar refractivity (Wildman–Crippen MR) is 113 cm³/mol. The summed E-state index contributed by atoms with van der Waals surface area (Å²) in [5, 5.41) is 3.22. The zero-order valence-corrected chi connectivity index (χ0v) is 16.9. The van der Waals surface area contributed by atoms with Crippen LogP contribution in [0.1, 0.15) is 10.4 Å². The van der Waals surface area contributed by atoms with E-state index in [1.54, 1.807) is 43.4 Å². The Kier molecular flexibility index (Phi) is 6.09. The van der Waals surface area contributed by atoms with Gasteiger partial charge in [0.1, 0.15) is 5.75 Å². The molecule has 0 unspecified atom stereocenters. The molecule has 1 aromatic heterocycles. The largest absolute Gasteiger partial charge is 0.496 e. The van der Waals surface area contributed by atoms with Crippen LogP contribution in [0.5, 0.6) is 5.75 Å². The van der Waals surface area contributed by atoms with Gasteiger partial charge in [-0.15, -0.1) is 0 Å². The minimum atomic E-state index is -0.482. The molecule has 3 rings (SSSR count). The molecule has 1 N–H and O–H groups in total. The third-order valence-electron chi connectivity index (χ3n) is 4.36. The van der Waals surface area contributed by atoms with E-state index in [9.17, 15) is 9.59 Å². The summed E-state index contributed by atoms with van der Waals surface area (Å²) >= 11 is 6.39. The number of rotatable bonds is 5. The standard InChI is InChI=1S/C21H20ClN3O4/c1-24(21(27)29-3)15-8-6-14(7-9-15)23-20(26)16-12-17(22)18(13-19(16)28-2)25-10-4-5-11-25/h4-13H,1-3H3,(H,23,26). The lowest BCUT2D eigenvalue weighted by Crippen LogP contribution is -2.25. The second-order valence-electron chi connectivity index (χ2n) is 6.12. The molecule has 0 atom stereocenters. The third kappa shape index (κ3) is 4.35. The van der Waals surface area contributed by atoms with Crippen molar-refractivity contribution in [3.8, 4) is 11.4 Å². The lowest BCUT2D eigenvalue weighted by atomic mass is 10.1. The van der Waals surface area contributed by atoms with Gasteiger partial charge in [-0.2, -0.15) is 0 Å². The van der Waals surface area contributed by atoms with Crippen LogP contribution in [0.4, 0.5) is 16.2 Å². The van der Waals surface area contributed by atoms with Crippen LogP contribution in [0.3, 0.4) is 0 Å². The average Bonchev–Trinajstić information content (AvgIpc) is 3.27. The summed E-state index contributed by atoms with van der Waals surface area (Å²) in [6, 6.07) is 13.8. The van der Waals surface area contributed by atoms with Crippen LogP contribution in [-0.4, -0.2) is 37.8 Å². The number of carbonyl (C=O) groups is 2. The number of methoxy groups -OCH3 is 2. The van der Waals surface area contributed by atoms with Crippen molar-refractivity contribution in [1.82, 2.24) is 4.57 Å². The van der Waals surface area contributed by atoms with Gasteiger partial charge in [-0.05, 0) is 42.5 Å². The molecule has 0 radical (unpaired) electrons. The third-order valence-corrected chi connectivity index (χ3v) is 4.66. The van der Waals surface area contributed by atoms with Gasteiger partial charge in [-0.3, -0.25) is 9.69 Å². The maximum Gasteiger partial charge on any atom is 0.413 e. The lowest BCUT2D eigenvalue weighted by Gasteiger charge is -2.16. The van der Waals surface area contributed by atoms with E-state index in [0.717, 1.165) is 0 Å². The lowest BCUT2D eigenvalue weighted by molar-refractivity contribution is 0.102. The van der Waals surface area contributed by atoms with E-state index in [1.807, 2.05) is 29.1 Å². The fourth-order valence-corrected chi connectivity index (χ4v) is 3.05. The summed E-state index contributed by atoms with van der Waals surface area (Å²) in [6.07, 6.45) is 3.23. The molecule has 3 aromatic rings. The number of halogens is 1. The van der Waals surface area contributed by atoms with Crippen molar-refractivity contribution >= 4 is 35.0 Å². The smallest absolute Gasteiger partial charge is 0.413 e. The number of hydrogen-bond acceptors (Lipinski definition) is 4. The van der Waals surface area contributed by atoms with Crippen LogP contribution >= 0.6 is 11.6 Å². The quantitative estimate of drug-likeness (QED) is 0.663. The van der Waals surface area contributed by atoms with Crippen molar-refractivity contribution in [2.24, 2.45) is 0 Å². The molecule has 0 aliphatic heterocycles. The van der Waals surface area contributed by atoms with E-state index < -0.39 is 6.09 Å². The van der Waals surface area contributed by atoms with Crippen molar-refractivity contribution in [2.45, 2.75) is 0 Å². The Labute approximate surface area is 173 Å². The number of amides is 2. The van der Waals surface area contributed by atoms with E-state index in [1.165, 1.54) is 19.1 Å². The zero-order chi connectivity index (χ0) is 21.0. The Morgan fingerprint density at radius 3 is 2.31 bits per heavy atom. The summed E-state index contributed by atoms with van der Waals surface area (Å²) in [6.45, 7) is 0. The second-order valence-corrected chi connectivity index (χ2v) is 6.53. The Morgan fingerprint density at radius 2 is 1.72 bits per heavy atom. The highest BCUT2D eigenvalue weighted by molar-refractivity contribution is 6.33. The van der Waals surface area contributed by atoms with Gasteiger partial charge in [0.2, 0.25) is 0 Å². The monoisotopic (exact) mass is 413 g/mol. The maximum absolute atomic E-state index is 12.8. The second kappa shape index (κ2) is 8.70. The number of carbonyl (C=O) groups excluding carboxylic acids is 2. The van der Waals surface area contributed by atoms with Gasteiger partial charge < -0.3 is 19.4 Å². The Balaban J connectivity index is 1.82. The molecule has 0 fully saturated rings. The van der Waals surface area contributed by atoms with Crippen LogP contribution in [-0.2, 0) is 4.74 Å².